The first-order valence-corrected chi connectivity index (χ1v) is 6.94. The van der Waals surface area contributed by atoms with Crippen LogP contribution in [0.4, 0.5) is 4.39 Å². The highest BCUT2D eigenvalue weighted by molar-refractivity contribution is 5.63. The van der Waals surface area contributed by atoms with Gasteiger partial charge in [0, 0.05) is 18.0 Å². The molecule has 0 bridgehead atoms. The number of benzene rings is 1. The van der Waals surface area contributed by atoms with Crippen LogP contribution in [0.3, 0.4) is 0 Å². The Labute approximate surface area is 126 Å². The van der Waals surface area contributed by atoms with Gasteiger partial charge < -0.3 is 0 Å². The maximum Gasteiger partial charge on any atom is 0.350 e. The summed E-state index contributed by atoms with van der Waals surface area (Å²) >= 11 is 0. The van der Waals surface area contributed by atoms with Crippen molar-refractivity contribution in [2.24, 2.45) is 0 Å². The van der Waals surface area contributed by atoms with E-state index in [1.54, 1.807) is 30.6 Å². The van der Waals surface area contributed by atoms with Crippen molar-refractivity contribution in [1.82, 2.24) is 19.3 Å². The average molecular weight is 298 g/mol. The predicted molar refractivity (Wildman–Crippen MR) is 81.4 cm³/mol. The van der Waals surface area contributed by atoms with Gasteiger partial charge in [0.15, 0.2) is 0 Å². The molecular formula is C16H15FN4O. The van der Waals surface area contributed by atoms with Gasteiger partial charge in [0.05, 0.1) is 11.7 Å². The lowest BCUT2D eigenvalue weighted by Crippen LogP contribution is -2.25. The summed E-state index contributed by atoms with van der Waals surface area (Å²) in [5.74, 6) is -0.480. The molecule has 6 heteroatoms. The number of hydrogen-bond acceptors (Lipinski definition) is 3. The zero-order chi connectivity index (χ0) is 15.7. The van der Waals surface area contributed by atoms with Crippen molar-refractivity contribution in [3.8, 4) is 16.8 Å². The maximum absolute atomic E-state index is 14.4. The zero-order valence-electron chi connectivity index (χ0n) is 12.3. The Bertz CT molecular complexity index is 852. The Morgan fingerprint density at radius 3 is 2.59 bits per heavy atom. The van der Waals surface area contributed by atoms with E-state index in [0.717, 1.165) is 5.56 Å². The second-order valence-corrected chi connectivity index (χ2v) is 5.23. The van der Waals surface area contributed by atoms with Crippen LogP contribution in [0, 0.1) is 5.82 Å². The van der Waals surface area contributed by atoms with E-state index < -0.39 is 5.82 Å². The van der Waals surface area contributed by atoms with Gasteiger partial charge in [0.1, 0.15) is 12.1 Å². The Hall–Kier alpha value is -2.76. The first-order chi connectivity index (χ1) is 10.6. The summed E-state index contributed by atoms with van der Waals surface area (Å²) in [6.45, 7) is 3.70. The van der Waals surface area contributed by atoms with Gasteiger partial charge in [-0.1, -0.05) is 12.1 Å². The van der Waals surface area contributed by atoms with Crippen molar-refractivity contribution in [1.29, 1.82) is 0 Å². The number of aromatic nitrogens is 4. The summed E-state index contributed by atoms with van der Waals surface area (Å²) in [6.07, 6.45) is 4.66. The first kappa shape index (κ1) is 14.2. The summed E-state index contributed by atoms with van der Waals surface area (Å²) in [7, 11) is 0. The molecule has 0 saturated carbocycles. The molecule has 0 saturated heterocycles. The number of hydrogen-bond donors (Lipinski definition) is 0. The molecule has 0 N–H and O–H groups in total. The number of rotatable bonds is 3. The van der Waals surface area contributed by atoms with Crippen molar-refractivity contribution < 1.29 is 4.39 Å². The van der Waals surface area contributed by atoms with E-state index in [1.807, 2.05) is 19.9 Å². The highest BCUT2D eigenvalue weighted by atomic mass is 19.1. The van der Waals surface area contributed by atoms with Gasteiger partial charge in [-0.3, -0.25) is 4.98 Å². The number of pyridine rings is 1. The average Bonchev–Trinajstić information content (AvgIpc) is 2.90. The molecule has 0 atom stereocenters. The molecular weight excluding hydrogens is 283 g/mol. The third kappa shape index (κ3) is 2.43. The second kappa shape index (κ2) is 5.55. The van der Waals surface area contributed by atoms with Crippen LogP contribution in [0.5, 0.6) is 0 Å². The van der Waals surface area contributed by atoms with Crippen LogP contribution in [0.15, 0.2) is 53.8 Å². The Morgan fingerprint density at radius 2 is 2.00 bits per heavy atom. The summed E-state index contributed by atoms with van der Waals surface area (Å²) < 4.78 is 16.9. The molecule has 0 aliphatic rings. The standard InChI is InChI=1S/C16H15FN4O/c1-11(2)21-16(22)20(10-19-21)15-6-5-12(8-14(15)17)13-4-3-7-18-9-13/h3-11H,1-2H3. The predicted octanol–water partition coefficient (Wildman–Crippen LogP) is 2.82. The molecule has 0 spiro atoms. The highest BCUT2D eigenvalue weighted by Crippen LogP contribution is 2.22. The molecule has 2 aromatic heterocycles. The van der Waals surface area contributed by atoms with Crippen LogP contribution >= 0.6 is 0 Å². The normalized spacial score (nSPS) is 11.1. The molecule has 0 aliphatic heterocycles. The number of nitrogens with zero attached hydrogens (tertiary/aromatic N) is 4. The van der Waals surface area contributed by atoms with Gasteiger partial charge in [-0.15, -0.1) is 0 Å². The van der Waals surface area contributed by atoms with Crippen molar-refractivity contribution in [2.45, 2.75) is 19.9 Å². The molecule has 2 heterocycles. The highest BCUT2D eigenvalue weighted by Gasteiger charge is 2.13. The zero-order valence-corrected chi connectivity index (χ0v) is 12.3. The van der Waals surface area contributed by atoms with Crippen molar-refractivity contribution in [3.63, 3.8) is 0 Å². The fourth-order valence-electron chi connectivity index (χ4n) is 2.25. The van der Waals surface area contributed by atoms with Crippen molar-refractivity contribution >= 4 is 0 Å². The van der Waals surface area contributed by atoms with Gasteiger partial charge in [0.25, 0.3) is 0 Å². The molecule has 0 aliphatic carbocycles. The maximum atomic E-state index is 14.4. The third-order valence-electron chi connectivity index (χ3n) is 3.38. The smallest absolute Gasteiger partial charge is 0.264 e. The van der Waals surface area contributed by atoms with Gasteiger partial charge in [-0.2, -0.15) is 5.10 Å². The lowest BCUT2D eigenvalue weighted by molar-refractivity contribution is 0.510. The van der Waals surface area contributed by atoms with Crippen molar-refractivity contribution in [3.05, 3.63) is 65.4 Å². The molecule has 22 heavy (non-hydrogen) atoms. The SMILES string of the molecule is CC(C)n1ncn(-c2ccc(-c3cccnc3)cc2F)c1=O. The number of halogens is 1. The Morgan fingerprint density at radius 1 is 1.18 bits per heavy atom. The molecule has 3 rings (SSSR count). The lowest BCUT2D eigenvalue weighted by Gasteiger charge is -2.06. The van der Waals surface area contributed by atoms with Crippen LogP contribution in [0.1, 0.15) is 19.9 Å². The molecule has 0 amide bonds. The van der Waals surface area contributed by atoms with E-state index in [1.165, 1.54) is 21.6 Å². The Balaban J connectivity index is 2.05. The van der Waals surface area contributed by atoms with E-state index in [0.29, 0.717) is 5.56 Å². The molecule has 5 nitrogen and oxygen atoms in total. The van der Waals surface area contributed by atoms with Crippen LogP contribution in [-0.2, 0) is 0 Å². The molecule has 112 valence electrons. The van der Waals surface area contributed by atoms with Gasteiger partial charge in [0.2, 0.25) is 0 Å². The Kier molecular flexibility index (Phi) is 3.58. The van der Waals surface area contributed by atoms with Gasteiger partial charge in [-0.05, 0) is 37.6 Å². The first-order valence-electron chi connectivity index (χ1n) is 6.94. The minimum Gasteiger partial charge on any atom is -0.264 e. The van der Waals surface area contributed by atoms with E-state index >= 15 is 0 Å². The second-order valence-electron chi connectivity index (χ2n) is 5.23. The summed E-state index contributed by atoms with van der Waals surface area (Å²) in [4.78, 5) is 16.2. The molecule has 1 aromatic carbocycles. The van der Waals surface area contributed by atoms with E-state index in [-0.39, 0.29) is 17.4 Å². The minimum atomic E-state index is -0.480. The summed E-state index contributed by atoms with van der Waals surface area (Å²) in [5, 5.41) is 4.00. The van der Waals surface area contributed by atoms with Gasteiger partial charge in [-0.25, -0.2) is 18.4 Å². The topological polar surface area (TPSA) is 52.7 Å². The van der Waals surface area contributed by atoms with Crippen LogP contribution in [0.25, 0.3) is 16.8 Å². The van der Waals surface area contributed by atoms with E-state index in [2.05, 4.69) is 10.1 Å². The summed E-state index contributed by atoms with van der Waals surface area (Å²) in [6, 6.07) is 8.29. The van der Waals surface area contributed by atoms with Crippen LogP contribution in [0.2, 0.25) is 0 Å². The van der Waals surface area contributed by atoms with Crippen LogP contribution < -0.4 is 5.69 Å². The van der Waals surface area contributed by atoms with Crippen LogP contribution in [-0.4, -0.2) is 19.3 Å². The molecule has 0 fully saturated rings. The molecule has 0 radical (unpaired) electrons. The largest absolute Gasteiger partial charge is 0.350 e. The quantitative estimate of drug-likeness (QED) is 0.747. The fraction of sp³-hybridized carbons (Fsp3) is 0.188. The van der Waals surface area contributed by atoms with Gasteiger partial charge >= 0.3 is 5.69 Å². The van der Waals surface area contributed by atoms with E-state index in [4.69, 9.17) is 0 Å². The molecule has 0 unspecified atom stereocenters. The van der Waals surface area contributed by atoms with Crippen molar-refractivity contribution in [2.75, 3.05) is 0 Å². The minimum absolute atomic E-state index is 0.0773. The molecule has 3 aromatic rings. The summed E-state index contributed by atoms with van der Waals surface area (Å²) in [5.41, 5.74) is 1.35. The lowest BCUT2D eigenvalue weighted by atomic mass is 10.1. The van der Waals surface area contributed by atoms with E-state index in [9.17, 15) is 9.18 Å². The third-order valence-corrected chi connectivity index (χ3v) is 3.38. The fourth-order valence-corrected chi connectivity index (χ4v) is 2.25. The monoisotopic (exact) mass is 298 g/mol.